The van der Waals surface area contributed by atoms with Gasteiger partial charge in [-0.25, -0.2) is 0 Å². The molecule has 3 heterocycles. The Balaban J connectivity index is 0.838. The number of aliphatic hydroxyl groups excluding tert-OH is 2. The van der Waals surface area contributed by atoms with Gasteiger partial charge in [0.2, 0.25) is 0 Å². The number of fused-ring (bicyclic) bond motifs is 2. The maximum atomic E-state index is 11.0. The van der Waals surface area contributed by atoms with Crippen molar-refractivity contribution in [2.75, 3.05) is 26.9 Å². The van der Waals surface area contributed by atoms with Gasteiger partial charge < -0.3 is 20.8 Å². The van der Waals surface area contributed by atoms with E-state index in [1.165, 1.54) is 57.8 Å². The summed E-state index contributed by atoms with van der Waals surface area (Å²) >= 11 is 0. The molecule has 10 nitrogen and oxygen atoms in total. The lowest BCUT2D eigenvalue weighted by Crippen LogP contribution is -2.68. The van der Waals surface area contributed by atoms with Crippen LogP contribution in [-0.4, -0.2) is 108 Å². The van der Waals surface area contributed by atoms with Crippen molar-refractivity contribution in [1.82, 2.24) is 36.4 Å². The largest absolute Gasteiger partial charge is 0.390 e. The highest BCUT2D eigenvalue weighted by atomic mass is 16.3. The van der Waals surface area contributed by atoms with Gasteiger partial charge in [-0.3, -0.25) is 31.5 Å². The van der Waals surface area contributed by atoms with E-state index >= 15 is 0 Å². The number of nitrogens with two attached hydrogens (primary N) is 1. The van der Waals surface area contributed by atoms with E-state index in [0.29, 0.717) is 37.6 Å². The summed E-state index contributed by atoms with van der Waals surface area (Å²) in [5, 5.41) is 40.0. The van der Waals surface area contributed by atoms with Gasteiger partial charge in [0.1, 0.15) is 0 Å². The van der Waals surface area contributed by atoms with Crippen molar-refractivity contribution in [2.24, 2.45) is 29.4 Å². The molecule has 7 fully saturated rings. The van der Waals surface area contributed by atoms with Gasteiger partial charge >= 0.3 is 0 Å². The predicted octanol–water partition coefficient (Wildman–Crippen LogP) is -0.954. The Morgan fingerprint density at radius 2 is 1.66 bits per heavy atom. The van der Waals surface area contributed by atoms with Crippen LogP contribution in [0.5, 0.6) is 0 Å². The number of nitrogens with zero attached hydrogens (tertiary/aromatic N) is 2. The average molecular weight is 533 g/mol. The van der Waals surface area contributed by atoms with Crippen LogP contribution in [-0.2, 0) is 0 Å². The quantitative estimate of drug-likeness (QED) is 0.198. The van der Waals surface area contributed by atoms with Gasteiger partial charge in [0.05, 0.1) is 43.4 Å². The van der Waals surface area contributed by atoms with Crippen molar-refractivity contribution < 1.29 is 10.2 Å². The summed E-state index contributed by atoms with van der Waals surface area (Å²) in [6, 6.07) is 2.09. The van der Waals surface area contributed by atoms with Gasteiger partial charge in [-0.05, 0) is 89.0 Å². The van der Waals surface area contributed by atoms with Gasteiger partial charge in [0.25, 0.3) is 0 Å². The molecule has 7 unspecified atom stereocenters. The molecule has 7 aliphatic rings. The topological polar surface area (TPSA) is 133 Å². The molecule has 0 aromatic heterocycles. The zero-order valence-electron chi connectivity index (χ0n) is 23.1. The van der Waals surface area contributed by atoms with Gasteiger partial charge in [-0.15, -0.1) is 0 Å². The molecule has 4 saturated carbocycles. The van der Waals surface area contributed by atoms with E-state index < -0.39 is 12.2 Å². The fraction of sp³-hybridized carbons (Fsp3) is 1.00. The van der Waals surface area contributed by atoms with Crippen molar-refractivity contribution in [3.8, 4) is 0 Å². The Morgan fingerprint density at radius 1 is 0.868 bits per heavy atom. The molecule has 0 spiro atoms. The summed E-state index contributed by atoms with van der Waals surface area (Å²) in [6.07, 6.45) is 12.2. The molecule has 3 saturated heterocycles. The molecular weight excluding hydrogens is 480 g/mol. The lowest BCUT2D eigenvalue weighted by Gasteiger charge is -2.43. The van der Waals surface area contributed by atoms with Crippen molar-refractivity contribution in [3.05, 3.63) is 0 Å². The van der Waals surface area contributed by atoms with Crippen molar-refractivity contribution in [3.63, 3.8) is 0 Å². The minimum Gasteiger partial charge on any atom is -0.390 e. The number of aliphatic hydroxyl groups is 2. The minimum atomic E-state index is -0.717. The Hall–Kier alpha value is -0.400. The molecular formula is C28H52N8O2. The Labute approximate surface area is 228 Å². The van der Waals surface area contributed by atoms with Crippen LogP contribution in [0, 0.1) is 23.7 Å². The second-order valence-electron chi connectivity index (χ2n) is 14.0. The van der Waals surface area contributed by atoms with Crippen LogP contribution < -0.4 is 32.3 Å². The molecule has 3 aliphatic heterocycles. The predicted molar refractivity (Wildman–Crippen MR) is 147 cm³/mol. The summed E-state index contributed by atoms with van der Waals surface area (Å²) in [5.74, 6) is 2.96. The van der Waals surface area contributed by atoms with E-state index in [1.54, 1.807) is 0 Å². The van der Waals surface area contributed by atoms with Crippen LogP contribution in [0.25, 0.3) is 0 Å². The van der Waals surface area contributed by atoms with Crippen molar-refractivity contribution >= 4 is 0 Å². The van der Waals surface area contributed by atoms with Crippen LogP contribution >= 0.6 is 0 Å². The fourth-order valence-corrected chi connectivity index (χ4v) is 9.07. The summed E-state index contributed by atoms with van der Waals surface area (Å²) in [6.45, 7) is 2.20. The number of nitrogens with one attached hydrogen (secondary N) is 5. The zero-order chi connectivity index (χ0) is 26.0. The third-order valence-corrected chi connectivity index (χ3v) is 11.7. The first-order valence-electron chi connectivity index (χ1n) is 15.7. The minimum absolute atomic E-state index is 0.0486. The molecule has 0 amide bonds. The lowest BCUT2D eigenvalue weighted by molar-refractivity contribution is -0.0257. The van der Waals surface area contributed by atoms with E-state index in [2.05, 4.69) is 43.4 Å². The molecule has 11 atom stereocenters. The molecule has 0 radical (unpaired) electrons. The third-order valence-electron chi connectivity index (χ3n) is 11.7. The Bertz CT molecular complexity index is 827. The number of rotatable bonds is 8. The SMILES string of the molecule is CN(C[C@H]1C[C@@H](N2CNC3C(N)NCNC32)[C@H](O)[C@@H]1O)C1CC(CCC2NC3CCC(C4CC4)CC3N2)C1. The van der Waals surface area contributed by atoms with Gasteiger partial charge in [-0.2, -0.15) is 0 Å². The average Bonchev–Trinajstić information content (AvgIpc) is 3.42. The second kappa shape index (κ2) is 10.8. The van der Waals surface area contributed by atoms with E-state index in [1.807, 2.05) is 0 Å². The molecule has 9 N–H and O–H groups in total. The van der Waals surface area contributed by atoms with Gasteiger partial charge in [0, 0.05) is 43.3 Å². The van der Waals surface area contributed by atoms with E-state index in [9.17, 15) is 10.2 Å². The van der Waals surface area contributed by atoms with Crippen LogP contribution in [0.4, 0.5) is 0 Å². The van der Waals surface area contributed by atoms with Crippen LogP contribution in [0.2, 0.25) is 0 Å². The van der Waals surface area contributed by atoms with E-state index in [0.717, 1.165) is 30.7 Å². The molecule has 0 aromatic rings. The van der Waals surface area contributed by atoms with Crippen molar-refractivity contribution in [1.29, 1.82) is 0 Å². The van der Waals surface area contributed by atoms with E-state index in [-0.39, 0.29) is 30.3 Å². The molecule has 7 rings (SSSR count). The van der Waals surface area contributed by atoms with Crippen LogP contribution in [0.3, 0.4) is 0 Å². The molecule has 10 heteroatoms. The van der Waals surface area contributed by atoms with Crippen LogP contribution in [0.15, 0.2) is 0 Å². The first-order chi connectivity index (χ1) is 18.4. The third kappa shape index (κ3) is 5.08. The molecule has 0 aromatic carbocycles. The number of hydrogen-bond donors (Lipinski definition) is 8. The highest BCUT2D eigenvalue weighted by Crippen LogP contribution is 2.45. The zero-order valence-corrected chi connectivity index (χ0v) is 23.1. The van der Waals surface area contributed by atoms with Gasteiger partial charge in [-0.1, -0.05) is 0 Å². The standard InChI is InChI=1S/C28H52N8O2/c1-35(12-18-11-22(26(38)25(18)37)36-14-32-24-27(29)30-13-31-28(24)36)19-8-15(9-19)2-7-23-33-20-6-5-17(16-3-4-16)10-21(20)34-23/h15-28,30-34,37-38H,2-14,29H2,1H3/t15?,17?,18-,19?,20?,21?,22-,23?,24?,25-,26+,27?,28?/m1/s1. The highest BCUT2D eigenvalue weighted by Gasteiger charge is 2.51. The van der Waals surface area contributed by atoms with Crippen LogP contribution in [0.1, 0.15) is 64.2 Å². The second-order valence-corrected chi connectivity index (χ2v) is 14.0. The smallest absolute Gasteiger partial charge is 0.0958 e. The monoisotopic (exact) mass is 532 g/mol. The number of hydrogen-bond acceptors (Lipinski definition) is 10. The maximum Gasteiger partial charge on any atom is 0.0958 e. The maximum absolute atomic E-state index is 11.0. The van der Waals surface area contributed by atoms with Crippen molar-refractivity contribution in [2.45, 2.75) is 125 Å². The fourth-order valence-electron chi connectivity index (χ4n) is 9.07. The lowest BCUT2D eigenvalue weighted by atomic mass is 9.76. The highest BCUT2D eigenvalue weighted by molar-refractivity contribution is 5.05. The molecule has 4 aliphatic carbocycles. The Kier molecular flexibility index (Phi) is 7.52. The Morgan fingerprint density at radius 3 is 2.47 bits per heavy atom. The molecule has 38 heavy (non-hydrogen) atoms. The first kappa shape index (κ1) is 26.5. The first-order valence-corrected chi connectivity index (χ1v) is 15.7. The summed E-state index contributed by atoms with van der Waals surface area (Å²) < 4.78 is 0. The summed E-state index contributed by atoms with van der Waals surface area (Å²) in [5.41, 5.74) is 6.24. The molecule has 216 valence electrons. The summed E-state index contributed by atoms with van der Waals surface area (Å²) in [7, 11) is 2.22. The van der Waals surface area contributed by atoms with Gasteiger partial charge in [0.15, 0.2) is 0 Å². The normalized spacial score (nSPS) is 51.2. The molecule has 0 bridgehead atoms. The van der Waals surface area contributed by atoms with E-state index in [4.69, 9.17) is 5.73 Å². The summed E-state index contributed by atoms with van der Waals surface area (Å²) in [4.78, 5) is 4.74.